The Kier molecular flexibility index (Phi) is 3.73. The van der Waals surface area contributed by atoms with Gasteiger partial charge in [0, 0.05) is 18.2 Å². The third-order valence-corrected chi connectivity index (χ3v) is 3.21. The number of nitro groups is 1. The van der Waals surface area contributed by atoms with E-state index < -0.39 is 38.7 Å². The van der Waals surface area contributed by atoms with Gasteiger partial charge in [-0.2, -0.15) is 0 Å². The lowest BCUT2D eigenvalue weighted by atomic mass is 10.2. The van der Waals surface area contributed by atoms with Crippen LogP contribution in [0.1, 0.15) is 19.9 Å². The summed E-state index contributed by atoms with van der Waals surface area (Å²) in [6, 6.07) is 1.27. The first kappa shape index (κ1) is 15.0. The molecule has 2 aromatic rings. The molecule has 2 rings (SSSR count). The zero-order valence-corrected chi connectivity index (χ0v) is 11.8. The van der Waals surface area contributed by atoms with Gasteiger partial charge >= 0.3 is 5.69 Å². The quantitative estimate of drug-likeness (QED) is 0.696. The van der Waals surface area contributed by atoms with E-state index in [1.165, 1.54) is 4.57 Å². The SMILES string of the molecule is CC(C)n1cc(O)n(-c2cc([N+](=O)[O-])c(Cl)cc2F)c1=O. The van der Waals surface area contributed by atoms with Gasteiger partial charge < -0.3 is 5.11 Å². The van der Waals surface area contributed by atoms with Gasteiger partial charge in [0.15, 0.2) is 0 Å². The first-order chi connectivity index (χ1) is 9.73. The fourth-order valence-corrected chi connectivity index (χ4v) is 2.10. The molecule has 0 amide bonds. The molecule has 1 N–H and O–H groups in total. The fraction of sp³-hybridized carbons (Fsp3) is 0.250. The molecule has 0 fully saturated rings. The van der Waals surface area contributed by atoms with Crippen molar-refractivity contribution < 1.29 is 14.4 Å². The Morgan fingerprint density at radius 2 is 2.05 bits per heavy atom. The van der Waals surface area contributed by atoms with E-state index in [1.807, 2.05) is 0 Å². The van der Waals surface area contributed by atoms with Gasteiger partial charge in [-0.25, -0.2) is 13.8 Å². The Hall–Kier alpha value is -2.35. The van der Waals surface area contributed by atoms with Crippen LogP contribution in [0.3, 0.4) is 0 Å². The van der Waals surface area contributed by atoms with E-state index in [4.69, 9.17) is 11.6 Å². The highest BCUT2D eigenvalue weighted by molar-refractivity contribution is 6.32. The van der Waals surface area contributed by atoms with Crippen molar-refractivity contribution in [1.29, 1.82) is 0 Å². The lowest BCUT2D eigenvalue weighted by Gasteiger charge is -2.06. The van der Waals surface area contributed by atoms with Crippen LogP contribution in [0.25, 0.3) is 5.69 Å². The van der Waals surface area contributed by atoms with Crippen LogP contribution < -0.4 is 5.69 Å². The number of nitro benzene ring substituents is 1. The minimum atomic E-state index is -0.954. The van der Waals surface area contributed by atoms with E-state index in [2.05, 4.69) is 0 Å². The van der Waals surface area contributed by atoms with Gasteiger partial charge in [0.25, 0.3) is 5.69 Å². The standard InChI is InChI=1S/C12H11ClFN3O4/c1-6(2)15-5-11(18)16(12(15)19)10-4-9(17(20)21)7(13)3-8(10)14/h3-6,18H,1-2H3. The monoisotopic (exact) mass is 315 g/mol. The third kappa shape index (κ3) is 2.49. The summed E-state index contributed by atoms with van der Waals surface area (Å²) in [7, 11) is 0. The smallest absolute Gasteiger partial charge is 0.336 e. The largest absolute Gasteiger partial charge is 0.493 e. The molecule has 7 nitrogen and oxygen atoms in total. The number of nitrogens with zero attached hydrogens (tertiary/aromatic N) is 3. The number of imidazole rings is 1. The lowest BCUT2D eigenvalue weighted by molar-refractivity contribution is -0.384. The molecule has 0 saturated carbocycles. The molecule has 21 heavy (non-hydrogen) atoms. The van der Waals surface area contributed by atoms with Gasteiger partial charge in [0.2, 0.25) is 5.88 Å². The molecule has 0 spiro atoms. The molecule has 1 aromatic heterocycles. The average Bonchev–Trinajstić information content (AvgIpc) is 2.65. The lowest BCUT2D eigenvalue weighted by Crippen LogP contribution is -2.24. The van der Waals surface area contributed by atoms with E-state index in [1.54, 1.807) is 13.8 Å². The minimum absolute atomic E-state index is 0.269. The number of hydrogen-bond acceptors (Lipinski definition) is 4. The van der Waals surface area contributed by atoms with E-state index in [-0.39, 0.29) is 6.04 Å². The van der Waals surface area contributed by atoms with Crippen LogP contribution in [0.2, 0.25) is 5.02 Å². The molecule has 112 valence electrons. The number of hydrogen-bond donors (Lipinski definition) is 1. The molecule has 0 aliphatic heterocycles. The van der Waals surface area contributed by atoms with E-state index >= 15 is 0 Å². The Morgan fingerprint density at radius 1 is 1.43 bits per heavy atom. The zero-order chi connectivity index (χ0) is 15.9. The Morgan fingerprint density at radius 3 is 2.52 bits per heavy atom. The van der Waals surface area contributed by atoms with Gasteiger partial charge in [-0.05, 0) is 13.8 Å². The Bertz CT molecular complexity index is 782. The van der Waals surface area contributed by atoms with Crippen LogP contribution in [0.5, 0.6) is 5.88 Å². The second-order valence-electron chi connectivity index (χ2n) is 4.62. The maximum Gasteiger partial charge on any atom is 0.336 e. The molecule has 0 atom stereocenters. The maximum atomic E-state index is 14.0. The van der Waals surface area contributed by atoms with Crippen molar-refractivity contribution in [3.05, 3.63) is 49.8 Å². The van der Waals surface area contributed by atoms with Crippen LogP contribution >= 0.6 is 11.6 Å². The summed E-state index contributed by atoms with van der Waals surface area (Å²) in [5.74, 6) is -1.48. The van der Waals surface area contributed by atoms with Crippen LogP contribution in [0, 0.1) is 15.9 Å². The predicted octanol–water partition coefficient (Wildman–Crippen LogP) is 2.63. The van der Waals surface area contributed by atoms with Crippen molar-refractivity contribution in [3.8, 4) is 11.6 Å². The highest BCUT2D eigenvalue weighted by Gasteiger charge is 2.22. The molecule has 0 bridgehead atoms. The number of halogens is 2. The van der Waals surface area contributed by atoms with Crippen LogP contribution in [-0.4, -0.2) is 19.2 Å². The molecular weight excluding hydrogens is 305 g/mol. The molecule has 0 unspecified atom stereocenters. The number of aromatic hydroxyl groups is 1. The van der Waals surface area contributed by atoms with Gasteiger partial charge in [-0.15, -0.1) is 0 Å². The van der Waals surface area contributed by atoms with Crippen molar-refractivity contribution in [2.75, 3.05) is 0 Å². The van der Waals surface area contributed by atoms with Crippen molar-refractivity contribution in [2.24, 2.45) is 0 Å². The minimum Gasteiger partial charge on any atom is -0.493 e. The summed E-state index contributed by atoms with van der Waals surface area (Å²) in [5.41, 5.74) is -1.71. The summed E-state index contributed by atoms with van der Waals surface area (Å²) >= 11 is 5.58. The summed E-state index contributed by atoms with van der Waals surface area (Å²) in [4.78, 5) is 22.2. The molecule has 0 radical (unpaired) electrons. The van der Waals surface area contributed by atoms with Crippen molar-refractivity contribution >= 4 is 17.3 Å². The molecule has 0 saturated heterocycles. The highest BCUT2D eigenvalue weighted by atomic mass is 35.5. The summed E-state index contributed by atoms with van der Waals surface area (Å²) in [5, 5.41) is 20.3. The molecule has 1 heterocycles. The topological polar surface area (TPSA) is 90.3 Å². The molecule has 1 aromatic carbocycles. The van der Waals surface area contributed by atoms with Crippen molar-refractivity contribution in [2.45, 2.75) is 19.9 Å². The molecule has 0 aliphatic rings. The normalized spacial score (nSPS) is 11.1. The Balaban J connectivity index is 2.76. The summed E-state index contributed by atoms with van der Waals surface area (Å²) < 4.78 is 15.8. The van der Waals surface area contributed by atoms with Gasteiger partial charge in [-0.1, -0.05) is 11.6 Å². The number of benzene rings is 1. The second-order valence-corrected chi connectivity index (χ2v) is 5.03. The highest BCUT2D eigenvalue weighted by Crippen LogP contribution is 2.30. The number of aromatic nitrogens is 2. The van der Waals surface area contributed by atoms with Crippen LogP contribution in [0.4, 0.5) is 10.1 Å². The van der Waals surface area contributed by atoms with Gasteiger partial charge in [0.05, 0.1) is 16.8 Å². The van der Waals surface area contributed by atoms with Crippen molar-refractivity contribution in [3.63, 3.8) is 0 Å². The van der Waals surface area contributed by atoms with Crippen LogP contribution in [-0.2, 0) is 0 Å². The van der Waals surface area contributed by atoms with E-state index in [9.17, 15) is 24.4 Å². The Labute approximate surface area is 123 Å². The average molecular weight is 316 g/mol. The zero-order valence-electron chi connectivity index (χ0n) is 11.1. The van der Waals surface area contributed by atoms with Gasteiger partial charge in [0.1, 0.15) is 10.8 Å². The summed E-state index contributed by atoms with van der Waals surface area (Å²) in [6.45, 7) is 3.40. The number of rotatable bonds is 3. The fourth-order valence-electron chi connectivity index (χ4n) is 1.89. The maximum absolute atomic E-state index is 14.0. The first-order valence-corrected chi connectivity index (χ1v) is 6.28. The summed E-state index contributed by atoms with van der Waals surface area (Å²) in [6.07, 6.45) is 1.13. The molecule has 9 heteroatoms. The molecule has 0 aliphatic carbocycles. The van der Waals surface area contributed by atoms with Gasteiger partial charge in [-0.3, -0.25) is 14.7 Å². The first-order valence-electron chi connectivity index (χ1n) is 5.90. The predicted molar refractivity (Wildman–Crippen MR) is 73.7 cm³/mol. The van der Waals surface area contributed by atoms with Crippen LogP contribution in [0.15, 0.2) is 23.1 Å². The third-order valence-electron chi connectivity index (χ3n) is 2.91. The van der Waals surface area contributed by atoms with E-state index in [0.717, 1.165) is 18.3 Å². The second kappa shape index (κ2) is 5.21. The molecular formula is C12H11ClFN3O4. The van der Waals surface area contributed by atoms with Crippen molar-refractivity contribution in [1.82, 2.24) is 9.13 Å². The van der Waals surface area contributed by atoms with E-state index in [0.29, 0.717) is 4.57 Å².